The van der Waals surface area contributed by atoms with Crippen LogP contribution in [0.15, 0.2) is 60.7 Å². The van der Waals surface area contributed by atoms with Crippen LogP contribution < -0.4 is 4.90 Å². The fraction of sp³-hybridized carbons (Fsp3) is 0.167. The Balaban J connectivity index is 0.000000328. The number of carbonyl (C=O) groups is 3. The number of aromatic nitrogens is 1. The second-order valence-electron chi connectivity index (χ2n) is 6.84. The van der Waals surface area contributed by atoms with Gasteiger partial charge in [0.2, 0.25) is 0 Å². The molecule has 0 aliphatic heterocycles. The second kappa shape index (κ2) is 13.3. The smallest absolute Gasteiger partial charge is 0.356 e. The topological polar surface area (TPSA) is 96.8 Å². The molecule has 0 bridgehead atoms. The lowest BCUT2D eigenvalue weighted by atomic mass is 10.1. The van der Waals surface area contributed by atoms with Gasteiger partial charge < -0.3 is 9.84 Å². The minimum absolute atomic E-state index is 0.0851. The van der Waals surface area contributed by atoms with Crippen molar-refractivity contribution in [1.29, 1.82) is 0 Å². The Morgan fingerprint density at radius 3 is 2.11 bits per heavy atom. The molecule has 1 heterocycles. The monoisotopic (exact) mass is 556 g/mol. The van der Waals surface area contributed by atoms with Gasteiger partial charge in [0, 0.05) is 11.3 Å². The van der Waals surface area contributed by atoms with E-state index < -0.39 is 18.0 Å². The maximum Gasteiger partial charge on any atom is 0.356 e. The summed E-state index contributed by atoms with van der Waals surface area (Å²) >= 11 is 22.9. The van der Waals surface area contributed by atoms with E-state index in [1.807, 2.05) is 6.07 Å². The van der Waals surface area contributed by atoms with Crippen molar-refractivity contribution in [1.82, 2.24) is 4.98 Å². The van der Waals surface area contributed by atoms with E-state index in [0.717, 1.165) is 0 Å². The molecule has 3 aromatic rings. The zero-order chi connectivity index (χ0) is 26.1. The van der Waals surface area contributed by atoms with Crippen LogP contribution in [0, 0.1) is 0 Å². The molecule has 0 radical (unpaired) electrons. The molecule has 0 aliphatic rings. The number of ether oxygens (including phenoxy) is 1. The van der Waals surface area contributed by atoms with Crippen LogP contribution in [0.3, 0.4) is 0 Å². The van der Waals surface area contributed by atoms with Crippen molar-refractivity contribution in [3.05, 3.63) is 92.1 Å². The molecule has 2 aromatic carbocycles. The van der Waals surface area contributed by atoms with Crippen LogP contribution in [-0.4, -0.2) is 40.6 Å². The van der Waals surface area contributed by atoms with Crippen LogP contribution in [0.4, 0.5) is 5.69 Å². The number of halogens is 4. The fourth-order valence-electron chi connectivity index (χ4n) is 2.81. The van der Waals surface area contributed by atoms with E-state index in [-0.39, 0.29) is 28.4 Å². The van der Waals surface area contributed by atoms with Crippen molar-refractivity contribution in [2.45, 2.75) is 19.9 Å². The minimum atomic E-state index is -1.18. The van der Waals surface area contributed by atoms with Crippen LogP contribution in [-0.2, 0) is 9.53 Å². The Bertz CT molecular complexity index is 1210. The summed E-state index contributed by atoms with van der Waals surface area (Å²) in [6.45, 7) is 3.56. The molecule has 0 saturated carbocycles. The number of anilines is 1. The summed E-state index contributed by atoms with van der Waals surface area (Å²) in [5, 5.41) is 9.36. The molecule has 1 aromatic heterocycles. The average molecular weight is 558 g/mol. The van der Waals surface area contributed by atoms with E-state index in [9.17, 15) is 14.4 Å². The molecule has 3 rings (SSSR count). The number of carboxylic acid groups (broad SMARTS) is 1. The summed E-state index contributed by atoms with van der Waals surface area (Å²) in [6.07, 6.45) is 0. The Kier molecular flexibility index (Phi) is 10.8. The standard InChI is InChI=1S/C18H17Cl2NO3.C6H3Cl2NO2/c1-3-24-18(23)12(2)21(14-9-10-15(19)16(20)11-14)17(22)13-7-5-4-6-8-13;7-3-1-2-4(8)9-5(3)6(10)11/h4-12H,3H2,1-2H3;1-2H,(H,10,11). The molecular weight excluding hydrogens is 538 g/mol. The number of rotatable bonds is 6. The van der Waals surface area contributed by atoms with E-state index >= 15 is 0 Å². The number of benzene rings is 2. The number of aromatic carboxylic acids is 1. The Morgan fingerprint density at radius 2 is 1.57 bits per heavy atom. The molecule has 0 spiro atoms. The lowest BCUT2D eigenvalue weighted by molar-refractivity contribution is -0.144. The predicted molar refractivity (Wildman–Crippen MR) is 137 cm³/mol. The third-order valence-corrected chi connectivity index (χ3v) is 5.71. The fourth-order valence-corrected chi connectivity index (χ4v) is 3.43. The van der Waals surface area contributed by atoms with Crippen molar-refractivity contribution in [2.24, 2.45) is 0 Å². The summed E-state index contributed by atoms with van der Waals surface area (Å²) in [5.41, 5.74) is 0.706. The van der Waals surface area contributed by atoms with E-state index in [4.69, 9.17) is 56.2 Å². The van der Waals surface area contributed by atoms with Gasteiger partial charge in [-0.25, -0.2) is 14.6 Å². The third-order valence-electron chi connectivity index (χ3n) is 4.45. The highest BCUT2D eigenvalue weighted by molar-refractivity contribution is 6.42. The number of esters is 1. The Morgan fingerprint density at radius 1 is 0.943 bits per heavy atom. The van der Waals surface area contributed by atoms with Crippen molar-refractivity contribution >= 4 is 69.9 Å². The largest absolute Gasteiger partial charge is 0.476 e. The van der Waals surface area contributed by atoms with Gasteiger partial charge in [0.1, 0.15) is 11.2 Å². The van der Waals surface area contributed by atoms with Crippen LogP contribution in [0.25, 0.3) is 0 Å². The van der Waals surface area contributed by atoms with Gasteiger partial charge in [0.15, 0.2) is 5.69 Å². The Labute approximate surface area is 222 Å². The van der Waals surface area contributed by atoms with Crippen LogP contribution in [0.2, 0.25) is 20.2 Å². The maximum atomic E-state index is 12.9. The highest BCUT2D eigenvalue weighted by atomic mass is 35.5. The quantitative estimate of drug-likeness (QED) is 0.268. The van der Waals surface area contributed by atoms with Gasteiger partial charge >= 0.3 is 11.9 Å². The van der Waals surface area contributed by atoms with Gasteiger partial charge in [-0.05, 0) is 56.3 Å². The number of carbonyl (C=O) groups excluding carboxylic acids is 2. The molecule has 1 unspecified atom stereocenters. The van der Waals surface area contributed by atoms with Crippen LogP contribution in [0.5, 0.6) is 0 Å². The van der Waals surface area contributed by atoms with Crippen molar-refractivity contribution in [3.8, 4) is 0 Å². The second-order valence-corrected chi connectivity index (χ2v) is 8.45. The summed E-state index contributed by atoms with van der Waals surface area (Å²) < 4.78 is 5.05. The first kappa shape index (κ1) is 28.4. The highest BCUT2D eigenvalue weighted by Gasteiger charge is 2.29. The summed E-state index contributed by atoms with van der Waals surface area (Å²) in [7, 11) is 0. The van der Waals surface area contributed by atoms with Crippen molar-refractivity contribution in [2.75, 3.05) is 11.5 Å². The van der Waals surface area contributed by atoms with E-state index in [1.165, 1.54) is 17.0 Å². The molecule has 0 saturated heterocycles. The molecule has 1 atom stereocenters. The van der Waals surface area contributed by atoms with Gasteiger partial charge in [-0.2, -0.15) is 0 Å². The Hall–Kier alpha value is -2.84. The van der Waals surface area contributed by atoms with E-state index in [0.29, 0.717) is 21.3 Å². The molecule has 1 N–H and O–H groups in total. The first-order valence-corrected chi connectivity index (χ1v) is 11.6. The zero-order valence-electron chi connectivity index (χ0n) is 18.5. The van der Waals surface area contributed by atoms with Gasteiger partial charge in [-0.1, -0.05) is 64.6 Å². The molecule has 35 heavy (non-hydrogen) atoms. The van der Waals surface area contributed by atoms with Crippen LogP contribution in [0.1, 0.15) is 34.7 Å². The molecule has 184 valence electrons. The minimum Gasteiger partial charge on any atom is -0.476 e. The molecule has 0 fully saturated rings. The van der Waals surface area contributed by atoms with Gasteiger partial charge in [0.25, 0.3) is 5.91 Å². The van der Waals surface area contributed by atoms with Gasteiger partial charge in [-0.15, -0.1) is 0 Å². The number of pyridine rings is 1. The number of hydrogen-bond donors (Lipinski definition) is 1. The summed E-state index contributed by atoms with van der Waals surface area (Å²) in [6, 6.07) is 15.5. The number of carboxylic acids is 1. The SMILES string of the molecule is CCOC(=O)C(C)N(C(=O)c1ccccc1)c1ccc(Cl)c(Cl)c1.O=C(O)c1nc(Cl)ccc1Cl. The molecule has 11 heteroatoms. The first-order chi connectivity index (χ1) is 16.6. The molecule has 1 amide bonds. The highest BCUT2D eigenvalue weighted by Crippen LogP contribution is 2.29. The van der Waals surface area contributed by atoms with Crippen LogP contribution >= 0.6 is 46.4 Å². The lowest BCUT2D eigenvalue weighted by Gasteiger charge is -2.28. The average Bonchev–Trinajstić information content (AvgIpc) is 2.83. The maximum absolute atomic E-state index is 12.9. The molecular formula is C24H20Cl4N2O5. The van der Waals surface area contributed by atoms with E-state index in [1.54, 1.807) is 56.3 Å². The van der Waals surface area contributed by atoms with Crippen molar-refractivity contribution in [3.63, 3.8) is 0 Å². The normalized spacial score (nSPS) is 11.0. The molecule has 7 nitrogen and oxygen atoms in total. The summed E-state index contributed by atoms with van der Waals surface area (Å²) in [5.74, 6) is -2.00. The van der Waals surface area contributed by atoms with Gasteiger partial charge in [-0.3, -0.25) is 9.69 Å². The third kappa shape index (κ3) is 7.83. The van der Waals surface area contributed by atoms with Gasteiger partial charge in [0.05, 0.1) is 21.7 Å². The predicted octanol–water partition coefficient (Wildman–Crippen LogP) is 6.68. The number of hydrogen-bond acceptors (Lipinski definition) is 5. The lowest BCUT2D eigenvalue weighted by Crippen LogP contribution is -2.44. The first-order valence-electron chi connectivity index (χ1n) is 10.1. The molecule has 0 aliphatic carbocycles. The zero-order valence-corrected chi connectivity index (χ0v) is 21.6. The number of nitrogens with zero attached hydrogens (tertiary/aromatic N) is 2. The van der Waals surface area contributed by atoms with E-state index in [2.05, 4.69) is 4.98 Å². The number of amides is 1. The van der Waals surface area contributed by atoms with Crippen molar-refractivity contribution < 1.29 is 24.2 Å². The summed E-state index contributed by atoms with van der Waals surface area (Å²) in [4.78, 5) is 40.3.